The Hall–Kier alpha value is -1.51. The SMILES string of the molecule is CC(C)NS(=O)(=O)c1ccc(NC(=S)NC(=O)CCC2CCCCC2)cc1. The Morgan fingerprint density at radius 2 is 1.78 bits per heavy atom. The largest absolute Gasteiger partial charge is 0.332 e. The highest BCUT2D eigenvalue weighted by molar-refractivity contribution is 7.89. The fourth-order valence-corrected chi connectivity index (χ4v) is 4.74. The molecule has 1 aliphatic carbocycles. The fourth-order valence-electron chi connectivity index (χ4n) is 3.26. The Bertz CT molecular complexity index is 740. The lowest BCUT2D eigenvalue weighted by Crippen LogP contribution is -2.34. The predicted octanol–water partition coefficient (Wildman–Crippen LogP) is 3.55. The number of thiocarbonyl (C=S) groups is 1. The van der Waals surface area contributed by atoms with Crippen LogP contribution in [-0.4, -0.2) is 25.5 Å². The molecule has 1 aromatic carbocycles. The molecule has 0 atom stereocenters. The molecule has 0 spiro atoms. The van der Waals surface area contributed by atoms with Gasteiger partial charge in [-0.25, -0.2) is 13.1 Å². The third kappa shape index (κ3) is 7.56. The molecule has 2 rings (SSSR count). The lowest BCUT2D eigenvalue weighted by Gasteiger charge is -2.21. The van der Waals surface area contributed by atoms with Crippen LogP contribution < -0.4 is 15.4 Å². The number of amides is 1. The topological polar surface area (TPSA) is 87.3 Å². The summed E-state index contributed by atoms with van der Waals surface area (Å²) in [7, 11) is -3.52. The smallest absolute Gasteiger partial charge is 0.240 e. The second-order valence-electron chi connectivity index (χ2n) is 7.35. The number of carbonyl (C=O) groups excluding carboxylic acids is 1. The van der Waals surface area contributed by atoms with Crippen LogP contribution >= 0.6 is 12.2 Å². The summed E-state index contributed by atoms with van der Waals surface area (Å²) in [4.78, 5) is 12.2. The van der Waals surface area contributed by atoms with Gasteiger partial charge < -0.3 is 10.6 Å². The van der Waals surface area contributed by atoms with Crippen LogP contribution in [0.2, 0.25) is 0 Å². The quantitative estimate of drug-likeness (QED) is 0.597. The number of hydrogen-bond acceptors (Lipinski definition) is 4. The highest BCUT2D eigenvalue weighted by Crippen LogP contribution is 2.27. The van der Waals surface area contributed by atoms with Crippen molar-refractivity contribution >= 4 is 38.9 Å². The maximum Gasteiger partial charge on any atom is 0.240 e. The van der Waals surface area contributed by atoms with E-state index in [1.54, 1.807) is 26.0 Å². The van der Waals surface area contributed by atoms with Crippen molar-refractivity contribution < 1.29 is 13.2 Å². The van der Waals surface area contributed by atoms with E-state index in [-0.39, 0.29) is 22.0 Å². The van der Waals surface area contributed by atoms with Gasteiger partial charge in [0.1, 0.15) is 0 Å². The summed E-state index contributed by atoms with van der Waals surface area (Å²) in [5.74, 6) is 0.568. The molecule has 150 valence electrons. The van der Waals surface area contributed by atoms with E-state index in [0.29, 0.717) is 18.0 Å². The summed E-state index contributed by atoms with van der Waals surface area (Å²) in [5.41, 5.74) is 0.621. The lowest BCUT2D eigenvalue weighted by molar-refractivity contribution is -0.120. The monoisotopic (exact) mass is 411 g/mol. The Morgan fingerprint density at radius 1 is 1.15 bits per heavy atom. The van der Waals surface area contributed by atoms with Crippen LogP contribution in [0, 0.1) is 5.92 Å². The highest BCUT2D eigenvalue weighted by Gasteiger charge is 2.16. The molecule has 0 unspecified atom stereocenters. The normalized spacial score (nSPS) is 15.5. The molecule has 1 amide bonds. The number of nitrogens with one attached hydrogen (secondary N) is 3. The van der Waals surface area contributed by atoms with E-state index in [2.05, 4.69) is 15.4 Å². The lowest BCUT2D eigenvalue weighted by atomic mass is 9.86. The number of sulfonamides is 1. The van der Waals surface area contributed by atoms with Crippen molar-refractivity contribution in [3.05, 3.63) is 24.3 Å². The molecule has 3 N–H and O–H groups in total. The minimum absolute atomic E-state index is 0.0848. The van der Waals surface area contributed by atoms with Crippen LogP contribution in [0.15, 0.2) is 29.2 Å². The van der Waals surface area contributed by atoms with Crippen molar-refractivity contribution in [2.75, 3.05) is 5.32 Å². The molecule has 6 nitrogen and oxygen atoms in total. The van der Waals surface area contributed by atoms with Gasteiger partial charge in [-0.2, -0.15) is 0 Å². The second-order valence-corrected chi connectivity index (χ2v) is 9.47. The van der Waals surface area contributed by atoms with Crippen LogP contribution in [0.4, 0.5) is 5.69 Å². The number of rotatable bonds is 7. The van der Waals surface area contributed by atoms with E-state index < -0.39 is 10.0 Å². The van der Waals surface area contributed by atoms with E-state index >= 15 is 0 Å². The Labute approximate surface area is 167 Å². The molecule has 1 aromatic rings. The van der Waals surface area contributed by atoms with Crippen LogP contribution in [-0.2, 0) is 14.8 Å². The van der Waals surface area contributed by atoms with Crippen molar-refractivity contribution in [2.45, 2.75) is 69.7 Å². The molecule has 0 aliphatic heterocycles. The number of hydrogen-bond donors (Lipinski definition) is 3. The standard InChI is InChI=1S/C19H29N3O3S2/c1-14(2)22-27(24,25)17-11-9-16(10-12-17)20-19(26)21-18(23)13-8-15-6-4-3-5-7-15/h9-12,14-15,22H,3-8,13H2,1-2H3,(H2,20,21,23,26). The first-order valence-electron chi connectivity index (χ1n) is 9.49. The molecule has 1 saturated carbocycles. The zero-order chi connectivity index (χ0) is 19.9. The summed E-state index contributed by atoms with van der Waals surface area (Å²) in [6.07, 6.45) is 7.67. The van der Waals surface area contributed by atoms with Gasteiger partial charge in [-0.05, 0) is 62.7 Å². The molecular formula is C19H29N3O3S2. The predicted molar refractivity (Wildman–Crippen MR) is 112 cm³/mol. The van der Waals surface area contributed by atoms with Crippen LogP contribution in [0.3, 0.4) is 0 Å². The minimum atomic E-state index is -3.52. The van der Waals surface area contributed by atoms with Gasteiger partial charge in [0.05, 0.1) is 4.90 Å². The molecule has 1 fully saturated rings. The van der Waals surface area contributed by atoms with Gasteiger partial charge in [0.15, 0.2) is 5.11 Å². The molecule has 0 heterocycles. The summed E-state index contributed by atoms with van der Waals surface area (Å²) in [6, 6.07) is 6.07. The Kier molecular flexibility index (Phi) is 8.19. The van der Waals surface area contributed by atoms with E-state index in [4.69, 9.17) is 12.2 Å². The van der Waals surface area contributed by atoms with Crippen LogP contribution in [0.25, 0.3) is 0 Å². The van der Waals surface area contributed by atoms with Gasteiger partial charge in [0, 0.05) is 18.2 Å². The first-order chi connectivity index (χ1) is 12.8. The third-order valence-corrected chi connectivity index (χ3v) is 6.45. The first kappa shape index (κ1) is 21.8. The molecular weight excluding hydrogens is 382 g/mol. The molecule has 0 bridgehead atoms. The van der Waals surface area contributed by atoms with Crippen LogP contribution in [0.1, 0.15) is 58.8 Å². The average Bonchev–Trinajstić information content (AvgIpc) is 2.60. The van der Waals surface area contributed by atoms with Crippen molar-refractivity contribution in [3.8, 4) is 0 Å². The zero-order valence-electron chi connectivity index (χ0n) is 16.0. The van der Waals surface area contributed by atoms with Crippen molar-refractivity contribution in [3.63, 3.8) is 0 Å². The summed E-state index contributed by atoms with van der Waals surface area (Å²) >= 11 is 5.17. The molecule has 0 radical (unpaired) electrons. The van der Waals surface area contributed by atoms with E-state index in [9.17, 15) is 13.2 Å². The molecule has 8 heteroatoms. The maximum atomic E-state index is 12.1. The van der Waals surface area contributed by atoms with Crippen LogP contribution in [0.5, 0.6) is 0 Å². The van der Waals surface area contributed by atoms with Crippen molar-refractivity contribution in [2.24, 2.45) is 5.92 Å². The summed E-state index contributed by atoms with van der Waals surface area (Å²) in [6.45, 7) is 3.53. The average molecular weight is 412 g/mol. The molecule has 0 saturated heterocycles. The van der Waals surface area contributed by atoms with E-state index in [1.165, 1.54) is 44.2 Å². The minimum Gasteiger partial charge on any atom is -0.332 e. The summed E-state index contributed by atoms with van der Waals surface area (Å²) < 4.78 is 26.8. The van der Waals surface area contributed by atoms with E-state index in [0.717, 1.165) is 6.42 Å². The maximum absolute atomic E-state index is 12.1. The second kappa shape index (κ2) is 10.1. The van der Waals surface area contributed by atoms with E-state index in [1.807, 2.05) is 0 Å². The molecule has 1 aliphatic rings. The van der Waals surface area contributed by atoms with Gasteiger partial charge in [-0.1, -0.05) is 32.1 Å². The number of anilines is 1. The van der Waals surface area contributed by atoms with Gasteiger partial charge in [-0.15, -0.1) is 0 Å². The Balaban J connectivity index is 1.80. The van der Waals surface area contributed by atoms with Gasteiger partial charge in [0.25, 0.3) is 0 Å². The number of benzene rings is 1. The summed E-state index contributed by atoms with van der Waals surface area (Å²) in [5, 5.41) is 5.83. The number of carbonyl (C=O) groups is 1. The van der Waals surface area contributed by atoms with Gasteiger partial charge >= 0.3 is 0 Å². The third-order valence-electron chi connectivity index (χ3n) is 4.57. The molecule has 0 aromatic heterocycles. The fraction of sp³-hybridized carbons (Fsp3) is 0.579. The van der Waals surface area contributed by atoms with Crippen molar-refractivity contribution in [1.29, 1.82) is 0 Å². The van der Waals surface area contributed by atoms with Crippen molar-refractivity contribution in [1.82, 2.24) is 10.0 Å². The zero-order valence-corrected chi connectivity index (χ0v) is 17.6. The first-order valence-corrected chi connectivity index (χ1v) is 11.4. The van der Waals surface area contributed by atoms with Gasteiger partial charge in [-0.3, -0.25) is 4.79 Å². The van der Waals surface area contributed by atoms with Gasteiger partial charge in [0.2, 0.25) is 15.9 Å². The molecule has 27 heavy (non-hydrogen) atoms. The highest BCUT2D eigenvalue weighted by atomic mass is 32.2. The Morgan fingerprint density at radius 3 is 2.37 bits per heavy atom.